The second-order valence-electron chi connectivity index (χ2n) is 6.42. The van der Waals surface area contributed by atoms with Crippen LogP contribution in [-0.2, 0) is 0 Å². The minimum absolute atomic E-state index is 0.0915. The van der Waals surface area contributed by atoms with Crippen LogP contribution < -0.4 is 0 Å². The van der Waals surface area contributed by atoms with Crippen LogP contribution in [0.4, 0.5) is 0 Å². The highest BCUT2D eigenvalue weighted by Gasteiger charge is 2.23. The topological polar surface area (TPSA) is 101 Å². The lowest BCUT2D eigenvalue weighted by Gasteiger charge is -2.23. The summed E-state index contributed by atoms with van der Waals surface area (Å²) in [5.74, 6) is -1.28. The first-order valence-corrected chi connectivity index (χ1v) is 8.11. The normalized spacial score (nSPS) is 11.0. The molecule has 0 bridgehead atoms. The van der Waals surface area contributed by atoms with E-state index in [4.69, 9.17) is 0 Å². The van der Waals surface area contributed by atoms with E-state index in [1.54, 1.807) is 32.0 Å². The number of aryl methyl sites for hydroxylation is 2. The lowest BCUT2D eigenvalue weighted by atomic mass is 9.81. The van der Waals surface area contributed by atoms with Gasteiger partial charge in [-0.2, -0.15) is 0 Å². The molecule has 5 nitrogen and oxygen atoms in total. The second-order valence-corrected chi connectivity index (χ2v) is 6.42. The first-order valence-electron chi connectivity index (χ1n) is 8.11. The van der Waals surface area contributed by atoms with E-state index >= 15 is 0 Å². The van der Waals surface area contributed by atoms with Crippen LogP contribution in [0.5, 0.6) is 28.7 Å². The SMILES string of the molecule is Cc1cc(O)c(O)cc1C(c1cccc(O)c1)c1cc(O)c(O)cc1C. The number of phenolic OH excluding ortho intramolecular Hbond substituents is 5. The van der Waals surface area contributed by atoms with Gasteiger partial charge in [-0.05, 0) is 78.1 Å². The van der Waals surface area contributed by atoms with Gasteiger partial charge in [-0.15, -0.1) is 0 Å². The van der Waals surface area contributed by atoms with E-state index < -0.39 is 5.92 Å². The average Bonchev–Trinajstić information content (AvgIpc) is 2.57. The molecule has 0 aliphatic rings. The van der Waals surface area contributed by atoms with Crippen molar-refractivity contribution in [1.82, 2.24) is 0 Å². The zero-order valence-electron chi connectivity index (χ0n) is 14.4. The highest BCUT2D eigenvalue weighted by molar-refractivity contribution is 5.57. The summed E-state index contributed by atoms with van der Waals surface area (Å²) in [6.07, 6.45) is 0. The Balaban J connectivity index is 2.31. The van der Waals surface area contributed by atoms with E-state index in [-0.39, 0.29) is 28.7 Å². The Morgan fingerprint density at radius 3 is 1.54 bits per heavy atom. The van der Waals surface area contributed by atoms with Crippen molar-refractivity contribution < 1.29 is 25.5 Å². The van der Waals surface area contributed by atoms with Crippen LogP contribution >= 0.6 is 0 Å². The fraction of sp³-hybridized carbons (Fsp3) is 0.143. The highest BCUT2D eigenvalue weighted by atomic mass is 16.3. The Morgan fingerprint density at radius 1 is 0.615 bits per heavy atom. The van der Waals surface area contributed by atoms with Crippen LogP contribution in [0.25, 0.3) is 0 Å². The molecule has 5 N–H and O–H groups in total. The quantitative estimate of drug-likeness (QED) is 0.362. The molecular weight excluding hydrogens is 332 g/mol. The number of hydrogen-bond acceptors (Lipinski definition) is 5. The summed E-state index contributed by atoms with van der Waals surface area (Å²) in [5.41, 5.74) is 3.63. The van der Waals surface area contributed by atoms with Crippen molar-refractivity contribution in [2.75, 3.05) is 0 Å². The van der Waals surface area contributed by atoms with Gasteiger partial charge in [0.05, 0.1) is 0 Å². The lowest BCUT2D eigenvalue weighted by Crippen LogP contribution is -2.07. The average molecular weight is 352 g/mol. The summed E-state index contributed by atoms with van der Waals surface area (Å²) >= 11 is 0. The Hall–Kier alpha value is -3.34. The van der Waals surface area contributed by atoms with Gasteiger partial charge in [0.1, 0.15) is 5.75 Å². The monoisotopic (exact) mass is 352 g/mol. The maximum Gasteiger partial charge on any atom is 0.157 e. The summed E-state index contributed by atoms with van der Waals surface area (Å²) in [7, 11) is 0. The fourth-order valence-electron chi connectivity index (χ4n) is 3.25. The summed E-state index contributed by atoms with van der Waals surface area (Å²) < 4.78 is 0. The summed E-state index contributed by atoms with van der Waals surface area (Å²) in [6.45, 7) is 3.61. The Morgan fingerprint density at radius 2 is 1.08 bits per heavy atom. The van der Waals surface area contributed by atoms with Crippen molar-refractivity contribution in [3.63, 3.8) is 0 Å². The van der Waals surface area contributed by atoms with Crippen molar-refractivity contribution in [2.24, 2.45) is 0 Å². The third-order valence-electron chi connectivity index (χ3n) is 4.55. The maximum atomic E-state index is 10.0. The van der Waals surface area contributed by atoms with Gasteiger partial charge in [0.25, 0.3) is 0 Å². The van der Waals surface area contributed by atoms with Crippen LogP contribution in [0.1, 0.15) is 33.7 Å². The largest absolute Gasteiger partial charge is 0.508 e. The molecule has 0 aliphatic carbocycles. The van der Waals surface area contributed by atoms with Crippen LogP contribution in [0.3, 0.4) is 0 Å². The van der Waals surface area contributed by atoms with E-state index in [1.807, 2.05) is 6.07 Å². The predicted octanol–water partition coefficient (Wildman–Crippen LogP) is 4.01. The zero-order chi connectivity index (χ0) is 19.0. The van der Waals surface area contributed by atoms with E-state index in [0.717, 1.165) is 16.7 Å². The molecule has 0 unspecified atom stereocenters. The van der Waals surface area contributed by atoms with Gasteiger partial charge in [-0.1, -0.05) is 12.1 Å². The van der Waals surface area contributed by atoms with Crippen LogP contribution in [0.2, 0.25) is 0 Å². The van der Waals surface area contributed by atoms with Crippen molar-refractivity contribution in [2.45, 2.75) is 19.8 Å². The van der Waals surface area contributed by atoms with Crippen LogP contribution in [0.15, 0.2) is 48.5 Å². The van der Waals surface area contributed by atoms with Crippen molar-refractivity contribution in [3.8, 4) is 28.7 Å². The molecule has 5 heteroatoms. The van der Waals surface area contributed by atoms with E-state index in [1.165, 1.54) is 24.3 Å². The second kappa shape index (κ2) is 6.52. The molecule has 0 aromatic heterocycles. The van der Waals surface area contributed by atoms with Crippen molar-refractivity contribution >= 4 is 0 Å². The zero-order valence-corrected chi connectivity index (χ0v) is 14.4. The van der Waals surface area contributed by atoms with Gasteiger partial charge >= 0.3 is 0 Å². The molecule has 134 valence electrons. The van der Waals surface area contributed by atoms with Crippen LogP contribution in [0, 0.1) is 13.8 Å². The molecule has 0 heterocycles. The molecule has 0 saturated heterocycles. The summed E-state index contributed by atoms with van der Waals surface area (Å²) in [5, 5.41) is 49.4. The maximum absolute atomic E-state index is 10.0. The molecule has 0 radical (unpaired) electrons. The molecule has 26 heavy (non-hydrogen) atoms. The number of phenols is 5. The number of rotatable bonds is 3. The van der Waals surface area contributed by atoms with Gasteiger partial charge in [0.2, 0.25) is 0 Å². The van der Waals surface area contributed by atoms with Crippen molar-refractivity contribution in [1.29, 1.82) is 0 Å². The van der Waals surface area contributed by atoms with Gasteiger partial charge in [0, 0.05) is 5.92 Å². The first-order chi connectivity index (χ1) is 12.3. The number of aromatic hydroxyl groups is 5. The third kappa shape index (κ3) is 3.11. The minimum Gasteiger partial charge on any atom is -0.508 e. The van der Waals surface area contributed by atoms with E-state index in [2.05, 4.69) is 0 Å². The fourth-order valence-corrected chi connectivity index (χ4v) is 3.25. The van der Waals surface area contributed by atoms with Crippen LogP contribution in [-0.4, -0.2) is 25.5 Å². The molecule has 3 rings (SSSR count). The first kappa shape index (κ1) is 17.5. The third-order valence-corrected chi connectivity index (χ3v) is 4.55. The standard InChI is InChI=1S/C21H20O5/c1-11-6-17(23)19(25)9-15(11)21(13-4-3-5-14(22)8-13)16-10-20(26)18(24)7-12(16)2/h3-10,21-26H,1-2H3. The molecule has 0 spiro atoms. The molecule has 0 fully saturated rings. The molecule has 0 aliphatic heterocycles. The van der Waals surface area contributed by atoms with Crippen molar-refractivity contribution in [3.05, 3.63) is 76.3 Å². The molecule has 0 amide bonds. The Labute approximate surface area is 151 Å². The Bertz CT molecular complexity index is 921. The molecular formula is C21H20O5. The molecule has 3 aromatic carbocycles. The van der Waals surface area contributed by atoms with E-state index in [9.17, 15) is 25.5 Å². The number of hydrogen-bond donors (Lipinski definition) is 5. The van der Waals surface area contributed by atoms with E-state index in [0.29, 0.717) is 11.1 Å². The smallest absolute Gasteiger partial charge is 0.157 e. The molecule has 0 atom stereocenters. The van der Waals surface area contributed by atoms with Gasteiger partial charge < -0.3 is 25.5 Å². The van der Waals surface area contributed by atoms with Gasteiger partial charge in [0.15, 0.2) is 23.0 Å². The predicted molar refractivity (Wildman–Crippen MR) is 98.1 cm³/mol. The van der Waals surface area contributed by atoms with Gasteiger partial charge in [-0.3, -0.25) is 0 Å². The minimum atomic E-state index is -0.430. The summed E-state index contributed by atoms with van der Waals surface area (Å²) in [6, 6.07) is 12.6. The molecule has 0 saturated carbocycles. The number of benzene rings is 3. The highest BCUT2D eigenvalue weighted by Crippen LogP contribution is 2.42. The lowest BCUT2D eigenvalue weighted by molar-refractivity contribution is 0.401. The summed E-state index contributed by atoms with van der Waals surface area (Å²) in [4.78, 5) is 0. The van der Waals surface area contributed by atoms with Gasteiger partial charge in [-0.25, -0.2) is 0 Å². The Kier molecular flexibility index (Phi) is 4.38. The molecule has 3 aromatic rings.